The smallest absolute Gasteiger partial charge is 0.234 e. The molecule has 1 aromatic heterocycles. The summed E-state index contributed by atoms with van der Waals surface area (Å²) in [5.74, 6) is 0.0953. The van der Waals surface area contributed by atoms with Crippen LogP contribution in [-0.2, 0) is 16.1 Å². The van der Waals surface area contributed by atoms with Crippen molar-refractivity contribution in [2.75, 3.05) is 6.54 Å². The molecule has 5 heteroatoms. The number of thiophene rings is 1. The lowest BCUT2D eigenvalue weighted by atomic mass is 10.0. The van der Waals surface area contributed by atoms with Gasteiger partial charge in [0.1, 0.15) is 0 Å². The molecule has 1 fully saturated rings. The van der Waals surface area contributed by atoms with E-state index in [1.807, 2.05) is 13.8 Å². The van der Waals surface area contributed by atoms with Crippen LogP contribution in [0.1, 0.15) is 39.2 Å². The zero-order valence-corrected chi connectivity index (χ0v) is 13.8. The number of hydrogen-bond donors (Lipinski definition) is 1. The number of nitrogens with one attached hydrogen (secondary N) is 1. The van der Waals surface area contributed by atoms with E-state index in [-0.39, 0.29) is 23.7 Å². The molecule has 1 aromatic rings. The summed E-state index contributed by atoms with van der Waals surface area (Å²) in [6, 6.07) is 2.25. The first kappa shape index (κ1) is 16.2. The molecule has 1 aliphatic rings. The number of ketones is 1. The molecule has 2 rings (SSSR count). The predicted octanol–water partition coefficient (Wildman–Crippen LogP) is 2.44. The molecule has 0 spiro atoms. The Hall–Kier alpha value is -1.20. The van der Waals surface area contributed by atoms with Gasteiger partial charge in [0.2, 0.25) is 5.91 Å². The first-order chi connectivity index (χ1) is 9.97. The van der Waals surface area contributed by atoms with Crippen LogP contribution in [0.5, 0.6) is 0 Å². The van der Waals surface area contributed by atoms with Gasteiger partial charge < -0.3 is 5.32 Å². The molecule has 0 bridgehead atoms. The monoisotopic (exact) mass is 308 g/mol. The second-order valence-corrected chi connectivity index (χ2v) is 6.95. The lowest BCUT2D eigenvalue weighted by Crippen LogP contribution is -2.47. The number of nitrogens with zero attached hydrogens (tertiary/aromatic N) is 1. The fourth-order valence-corrected chi connectivity index (χ4v) is 3.17. The molecule has 1 amide bonds. The minimum atomic E-state index is -0.375. The lowest BCUT2D eigenvalue weighted by Gasteiger charge is -2.24. The highest BCUT2D eigenvalue weighted by Gasteiger charge is 2.31. The zero-order valence-electron chi connectivity index (χ0n) is 13.0. The van der Waals surface area contributed by atoms with E-state index in [4.69, 9.17) is 0 Å². The summed E-state index contributed by atoms with van der Waals surface area (Å²) in [5, 5.41) is 7.07. The topological polar surface area (TPSA) is 49.4 Å². The number of carbonyl (C=O) groups excluding carboxylic acids is 2. The standard InChI is InChI=1S/C16H24N2O2S/c1-11(2)16(12(3)19)17-15(20)9-18(14-4-5-14)8-13-6-7-21-10-13/h6-7,10-11,14,16H,4-5,8-9H2,1-3H3,(H,17,20). The van der Waals surface area contributed by atoms with Crippen LogP contribution < -0.4 is 5.32 Å². The molecule has 4 nitrogen and oxygen atoms in total. The lowest BCUT2D eigenvalue weighted by molar-refractivity contribution is -0.128. The highest BCUT2D eigenvalue weighted by molar-refractivity contribution is 7.07. The largest absolute Gasteiger partial charge is 0.345 e. The molecule has 116 valence electrons. The average molecular weight is 308 g/mol. The van der Waals surface area contributed by atoms with E-state index >= 15 is 0 Å². The van der Waals surface area contributed by atoms with E-state index in [0.717, 1.165) is 19.4 Å². The molecular formula is C16H24N2O2S. The fraction of sp³-hybridized carbons (Fsp3) is 0.625. The van der Waals surface area contributed by atoms with E-state index in [0.29, 0.717) is 12.6 Å². The van der Waals surface area contributed by atoms with Gasteiger partial charge in [0, 0.05) is 12.6 Å². The third-order valence-electron chi connectivity index (χ3n) is 3.80. The predicted molar refractivity (Wildman–Crippen MR) is 85.2 cm³/mol. The van der Waals surface area contributed by atoms with Crippen LogP contribution >= 0.6 is 11.3 Å². The van der Waals surface area contributed by atoms with Gasteiger partial charge in [-0.3, -0.25) is 14.5 Å². The van der Waals surface area contributed by atoms with E-state index in [1.165, 1.54) is 12.5 Å². The highest BCUT2D eigenvalue weighted by Crippen LogP contribution is 2.28. The van der Waals surface area contributed by atoms with Crippen molar-refractivity contribution in [2.24, 2.45) is 5.92 Å². The summed E-state index contributed by atoms with van der Waals surface area (Å²) in [6.45, 7) is 6.63. The number of Topliss-reactive ketones (excluding diaryl/α,β-unsaturated/α-hetero) is 1. The van der Waals surface area contributed by atoms with Gasteiger partial charge in [-0.05, 0) is 48.1 Å². The number of carbonyl (C=O) groups is 2. The molecule has 0 saturated heterocycles. The van der Waals surface area contributed by atoms with Gasteiger partial charge in [-0.15, -0.1) is 0 Å². The summed E-state index contributed by atoms with van der Waals surface area (Å²) >= 11 is 1.68. The molecule has 21 heavy (non-hydrogen) atoms. The molecule has 1 N–H and O–H groups in total. The molecule has 0 aromatic carbocycles. The first-order valence-electron chi connectivity index (χ1n) is 7.52. The Morgan fingerprint density at radius 2 is 2.14 bits per heavy atom. The van der Waals surface area contributed by atoms with Crippen molar-refractivity contribution >= 4 is 23.0 Å². The average Bonchev–Trinajstić information content (AvgIpc) is 3.13. The van der Waals surface area contributed by atoms with Crippen molar-refractivity contribution in [3.05, 3.63) is 22.4 Å². The van der Waals surface area contributed by atoms with Crippen LogP contribution in [-0.4, -0.2) is 35.2 Å². The maximum Gasteiger partial charge on any atom is 0.234 e. The van der Waals surface area contributed by atoms with Gasteiger partial charge in [-0.25, -0.2) is 0 Å². The summed E-state index contributed by atoms with van der Waals surface area (Å²) in [5.41, 5.74) is 1.26. The number of rotatable bonds is 8. The summed E-state index contributed by atoms with van der Waals surface area (Å²) in [6.07, 6.45) is 2.33. The van der Waals surface area contributed by atoms with E-state index in [9.17, 15) is 9.59 Å². The van der Waals surface area contributed by atoms with Crippen molar-refractivity contribution in [1.82, 2.24) is 10.2 Å². The Morgan fingerprint density at radius 1 is 1.43 bits per heavy atom. The molecule has 1 heterocycles. The van der Waals surface area contributed by atoms with Crippen LogP contribution in [0.25, 0.3) is 0 Å². The molecule has 1 saturated carbocycles. The quantitative estimate of drug-likeness (QED) is 0.802. The van der Waals surface area contributed by atoms with Crippen LogP contribution in [0.4, 0.5) is 0 Å². The fourth-order valence-electron chi connectivity index (χ4n) is 2.51. The Labute approximate surface area is 130 Å². The SMILES string of the molecule is CC(=O)C(NC(=O)CN(Cc1ccsc1)C1CC1)C(C)C. The number of hydrogen-bond acceptors (Lipinski definition) is 4. The molecule has 1 aliphatic carbocycles. The van der Waals surface area contributed by atoms with Crippen LogP contribution in [0.3, 0.4) is 0 Å². The first-order valence-corrected chi connectivity index (χ1v) is 8.46. The second kappa shape index (κ2) is 7.18. The molecular weight excluding hydrogens is 284 g/mol. The van der Waals surface area contributed by atoms with E-state index in [1.54, 1.807) is 11.3 Å². The van der Waals surface area contributed by atoms with Gasteiger partial charge in [0.25, 0.3) is 0 Å². The highest BCUT2D eigenvalue weighted by atomic mass is 32.1. The summed E-state index contributed by atoms with van der Waals surface area (Å²) < 4.78 is 0. The van der Waals surface area contributed by atoms with Crippen LogP contribution in [0.2, 0.25) is 0 Å². The Morgan fingerprint density at radius 3 is 2.62 bits per heavy atom. The van der Waals surface area contributed by atoms with E-state index in [2.05, 4.69) is 27.0 Å². The Kier molecular flexibility index (Phi) is 5.53. The minimum Gasteiger partial charge on any atom is -0.345 e. The normalized spacial score (nSPS) is 16.2. The summed E-state index contributed by atoms with van der Waals surface area (Å²) in [4.78, 5) is 26.0. The zero-order chi connectivity index (χ0) is 15.4. The second-order valence-electron chi connectivity index (χ2n) is 6.17. The van der Waals surface area contributed by atoms with Crippen molar-refractivity contribution in [1.29, 1.82) is 0 Å². The Bertz CT molecular complexity index is 480. The van der Waals surface area contributed by atoms with Gasteiger partial charge in [-0.2, -0.15) is 11.3 Å². The third kappa shape index (κ3) is 4.93. The number of amides is 1. The molecule has 1 unspecified atom stereocenters. The molecule has 0 radical (unpaired) electrons. The minimum absolute atomic E-state index is 0.0224. The maximum atomic E-state index is 12.2. The van der Waals surface area contributed by atoms with Crippen molar-refractivity contribution in [2.45, 2.75) is 52.2 Å². The molecule has 1 atom stereocenters. The third-order valence-corrected chi connectivity index (χ3v) is 4.53. The Balaban J connectivity index is 1.90. The van der Waals surface area contributed by atoms with Gasteiger partial charge in [0.05, 0.1) is 12.6 Å². The van der Waals surface area contributed by atoms with Gasteiger partial charge >= 0.3 is 0 Å². The van der Waals surface area contributed by atoms with Gasteiger partial charge in [-0.1, -0.05) is 13.8 Å². The maximum absolute atomic E-state index is 12.2. The van der Waals surface area contributed by atoms with Crippen LogP contribution in [0.15, 0.2) is 16.8 Å². The van der Waals surface area contributed by atoms with E-state index < -0.39 is 0 Å². The van der Waals surface area contributed by atoms with Gasteiger partial charge in [0.15, 0.2) is 5.78 Å². The van der Waals surface area contributed by atoms with Crippen molar-refractivity contribution in [3.8, 4) is 0 Å². The van der Waals surface area contributed by atoms with Crippen molar-refractivity contribution < 1.29 is 9.59 Å². The van der Waals surface area contributed by atoms with Crippen molar-refractivity contribution in [3.63, 3.8) is 0 Å². The summed E-state index contributed by atoms with van der Waals surface area (Å²) in [7, 11) is 0. The van der Waals surface area contributed by atoms with Crippen LogP contribution in [0, 0.1) is 5.92 Å². The molecule has 0 aliphatic heterocycles.